The lowest BCUT2D eigenvalue weighted by Gasteiger charge is -2.30. The highest BCUT2D eigenvalue weighted by molar-refractivity contribution is 6.05. The molecule has 1 saturated heterocycles. The number of amides is 2. The van der Waals surface area contributed by atoms with Gasteiger partial charge in [0.15, 0.2) is 0 Å². The number of nitrogens with one attached hydrogen (secondary N) is 1. The maximum absolute atomic E-state index is 12.6. The predicted octanol–water partition coefficient (Wildman–Crippen LogP) is 2.01. The fraction of sp³-hybridized carbons (Fsp3) is 0.750. The molecule has 4 nitrogen and oxygen atoms in total. The molecule has 0 aromatic rings. The van der Waals surface area contributed by atoms with Crippen LogP contribution in [0, 0.1) is 5.41 Å². The van der Waals surface area contributed by atoms with Crippen LogP contribution in [0.5, 0.6) is 0 Å². The van der Waals surface area contributed by atoms with Gasteiger partial charge in [0.05, 0.1) is 5.41 Å². The van der Waals surface area contributed by atoms with E-state index in [1.165, 1.54) is 12.0 Å². The molecule has 2 aliphatic heterocycles. The molecular weight excluding hydrogens is 252 g/mol. The summed E-state index contributed by atoms with van der Waals surface area (Å²) in [6.45, 7) is 2.52. The van der Waals surface area contributed by atoms with Crippen LogP contribution in [0.25, 0.3) is 0 Å². The summed E-state index contributed by atoms with van der Waals surface area (Å²) in [4.78, 5) is 26.4. The summed E-state index contributed by atoms with van der Waals surface area (Å²) in [5.41, 5.74) is 1.06. The lowest BCUT2D eigenvalue weighted by atomic mass is 9.73. The smallest absolute Gasteiger partial charge is 0.235 e. The third-order valence-corrected chi connectivity index (χ3v) is 5.11. The first-order valence-corrected chi connectivity index (χ1v) is 7.95. The molecule has 1 spiro atoms. The van der Waals surface area contributed by atoms with Crippen molar-refractivity contribution in [2.75, 3.05) is 19.6 Å². The molecule has 0 atom stereocenters. The lowest BCUT2D eigenvalue weighted by molar-refractivity contribution is -0.142. The van der Waals surface area contributed by atoms with Crippen molar-refractivity contribution < 1.29 is 9.59 Å². The lowest BCUT2D eigenvalue weighted by Crippen LogP contribution is -2.37. The van der Waals surface area contributed by atoms with Gasteiger partial charge in [-0.3, -0.25) is 14.5 Å². The van der Waals surface area contributed by atoms with Crippen molar-refractivity contribution in [2.45, 2.75) is 51.4 Å². The second kappa shape index (κ2) is 5.68. The minimum Gasteiger partial charge on any atom is -0.313 e. The zero-order valence-electron chi connectivity index (χ0n) is 12.1. The van der Waals surface area contributed by atoms with Crippen LogP contribution >= 0.6 is 0 Å². The van der Waals surface area contributed by atoms with Gasteiger partial charge >= 0.3 is 0 Å². The van der Waals surface area contributed by atoms with Crippen molar-refractivity contribution in [1.29, 1.82) is 0 Å². The Balaban J connectivity index is 1.63. The number of rotatable bonds is 3. The van der Waals surface area contributed by atoms with E-state index in [1.807, 2.05) is 0 Å². The third-order valence-electron chi connectivity index (χ3n) is 5.11. The summed E-state index contributed by atoms with van der Waals surface area (Å²) in [6, 6.07) is 0. The molecule has 0 radical (unpaired) electrons. The maximum atomic E-state index is 12.6. The first-order valence-electron chi connectivity index (χ1n) is 7.95. The van der Waals surface area contributed by atoms with Crippen LogP contribution in [-0.4, -0.2) is 36.3 Å². The van der Waals surface area contributed by atoms with Gasteiger partial charge in [-0.15, -0.1) is 0 Å². The zero-order valence-corrected chi connectivity index (χ0v) is 12.1. The van der Waals surface area contributed by atoms with Gasteiger partial charge in [-0.05, 0) is 32.2 Å². The van der Waals surface area contributed by atoms with E-state index in [1.54, 1.807) is 4.90 Å². The Bertz CT molecular complexity index is 436. The number of carbonyl (C=O) groups excluding carboxylic acids is 2. The van der Waals surface area contributed by atoms with Gasteiger partial charge < -0.3 is 5.32 Å². The molecule has 0 aromatic carbocycles. The molecule has 0 bridgehead atoms. The number of carbonyl (C=O) groups is 2. The quantitative estimate of drug-likeness (QED) is 0.633. The first-order chi connectivity index (χ1) is 9.71. The Kier molecular flexibility index (Phi) is 3.92. The molecule has 3 rings (SSSR count). The Hall–Kier alpha value is -1.16. The van der Waals surface area contributed by atoms with Gasteiger partial charge in [0.1, 0.15) is 0 Å². The number of nitrogens with zero attached hydrogens (tertiary/aromatic N) is 1. The largest absolute Gasteiger partial charge is 0.313 e. The summed E-state index contributed by atoms with van der Waals surface area (Å²) in [5.74, 6) is 0.183. The van der Waals surface area contributed by atoms with Gasteiger partial charge in [-0.2, -0.15) is 0 Å². The number of hydrogen-bond donors (Lipinski definition) is 1. The van der Waals surface area contributed by atoms with E-state index in [9.17, 15) is 9.59 Å². The second-order valence-electron chi connectivity index (χ2n) is 6.43. The minimum absolute atomic E-state index is 0.0615. The molecule has 1 N–H and O–H groups in total. The monoisotopic (exact) mass is 276 g/mol. The van der Waals surface area contributed by atoms with Crippen LogP contribution in [0.2, 0.25) is 0 Å². The van der Waals surface area contributed by atoms with E-state index in [4.69, 9.17) is 0 Å². The highest BCUT2D eigenvalue weighted by Crippen LogP contribution is 2.45. The van der Waals surface area contributed by atoms with Gasteiger partial charge in [0, 0.05) is 19.5 Å². The van der Waals surface area contributed by atoms with Crippen LogP contribution in [0.4, 0.5) is 0 Å². The zero-order chi connectivity index (χ0) is 14.0. The van der Waals surface area contributed by atoms with Crippen molar-refractivity contribution >= 4 is 11.8 Å². The summed E-state index contributed by atoms with van der Waals surface area (Å²) in [7, 11) is 0. The first kappa shape index (κ1) is 13.8. The molecule has 1 saturated carbocycles. The Morgan fingerprint density at radius 3 is 2.70 bits per heavy atom. The van der Waals surface area contributed by atoms with Crippen molar-refractivity contribution in [3.05, 3.63) is 11.6 Å². The summed E-state index contributed by atoms with van der Waals surface area (Å²) >= 11 is 0. The SMILES string of the molecule is O=C1CC2(CCCCC2)C(=O)N1CCC1=CCNCC1. The van der Waals surface area contributed by atoms with Gasteiger partial charge in [0.25, 0.3) is 0 Å². The van der Waals surface area contributed by atoms with Crippen molar-refractivity contribution in [3.8, 4) is 0 Å². The second-order valence-corrected chi connectivity index (χ2v) is 6.43. The minimum atomic E-state index is -0.322. The van der Waals surface area contributed by atoms with Gasteiger partial charge in [0.2, 0.25) is 11.8 Å². The van der Waals surface area contributed by atoms with E-state index >= 15 is 0 Å². The molecule has 4 heteroatoms. The molecule has 20 heavy (non-hydrogen) atoms. The molecule has 2 fully saturated rings. The van der Waals surface area contributed by atoms with E-state index in [-0.39, 0.29) is 17.2 Å². The molecule has 2 heterocycles. The molecule has 0 unspecified atom stereocenters. The normalized spacial score (nSPS) is 26.2. The van der Waals surface area contributed by atoms with E-state index < -0.39 is 0 Å². The topological polar surface area (TPSA) is 49.4 Å². The van der Waals surface area contributed by atoms with Gasteiger partial charge in [-0.1, -0.05) is 30.9 Å². The standard InChI is InChI=1S/C16H24N2O2/c19-14-12-16(7-2-1-3-8-16)15(20)18(14)11-6-13-4-9-17-10-5-13/h4,17H,1-3,5-12H2. The van der Waals surface area contributed by atoms with Crippen molar-refractivity contribution in [1.82, 2.24) is 10.2 Å². The van der Waals surface area contributed by atoms with Crippen molar-refractivity contribution in [3.63, 3.8) is 0 Å². The molecule has 2 amide bonds. The van der Waals surface area contributed by atoms with Crippen LogP contribution < -0.4 is 5.32 Å². The Morgan fingerprint density at radius 2 is 2.00 bits per heavy atom. The highest BCUT2D eigenvalue weighted by atomic mass is 16.2. The van der Waals surface area contributed by atoms with Crippen LogP contribution in [0.15, 0.2) is 11.6 Å². The molecule has 3 aliphatic rings. The molecule has 0 aromatic heterocycles. The molecule has 110 valence electrons. The number of likely N-dealkylation sites (tertiary alicyclic amines) is 1. The summed E-state index contributed by atoms with van der Waals surface area (Å²) < 4.78 is 0. The fourth-order valence-electron chi connectivity index (χ4n) is 3.86. The number of hydrogen-bond acceptors (Lipinski definition) is 3. The van der Waals surface area contributed by atoms with Crippen LogP contribution in [0.3, 0.4) is 0 Å². The summed E-state index contributed by atoms with van der Waals surface area (Å²) in [6.07, 6.45) is 9.81. The van der Waals surface area contributed by atoms with E-state index in [0.717, 1.165) is 51.6 Å². The molecular formula is C16H24N2O2. The average Bonchev–Trinajstić information content (AvgIpc) is 2.70. The number of imide groups is 1. The maximum Gasteiger partial charge on any atom is 0.235 e. The predicted molar refractivity (Wildman–Crippen MR) is 77.0 cm³/mol. The molecule has 1 aliphatic carbocycles. The van der Waals surface area contributed by atoms with Crippen molar-refractivity contribution in [2.24, 2.45) is 5.41 Å². The van der Waals surface area contributed by atoms with Crippen LogP contribution in [-0.2, 0) is 9.59 Å². The van der Waals surface area contributed by atoms with E-state index in [2.05, 4.69) is 11.4 Å². The average molecular weight is 276 g/mol. The van der Waals surface area contributed by atoms with Gasteiger partial charge in [-0.25, -0.2) is 0 Å². The Morgan fingerprint density at radius 1 is 1.20 bits per heavy atom. The fourth-order valence-corrected chi connectivity index (χ4v) is 3.86. The van der Waals surface area contributed by atoms with Crippen LogP contribution in [0.1, 0.15) is 51.4 Å². The Labute approximate surface area is 120 Å². The summed E-state index contributed by atoms with van der Waals surface area (Å²) in [5, 5.41) is 3.28. The highest BCUT2D eigenvalue weighted by Gasteiger charge is 2.51. The third kappa shape index (κ3) is 2.53. The van der Waals surface area contributed by atoms with E-state index in [0.29, 0.717) is 13.0 Å².